The molecule has 2 aromatic carbocycles. The molecule has 2 atom stereocenters. The summed E-state index contributed by atoms with van der Waals surface area (Å²) in [6.45, 7) is 8.56. The summed E-state index contributed by atoms with van der Waals surface area (Å²) in [6, 6.07) is 17.3. The van der Waals surface area contributed by atoms with E-state index in [1.165, 1.54) is 34.9 Å². The third-order valence-electron chi connectivity index (χ3n) is 6.46. The minimum absolute atomic E-state index is 0.189. The summed E-state index contributed by atoms with van der Waals surface area (Å²) in [4.78, 5) is 15.2. The molecule has 0 radical (unpaired) electrons. The van der Waals surface area contributed by atoms with E-state index in [9.17, 15) is 4.79 Å². The number of hydrogen-bond acceptors (Lipinski definition) is 4. The number of thioether (sulfide) groups is 1. The third-order valence-corrected chi connectivity index (χ3v) is 7.37. The van der Waals surface area contributed by atoms with Gasteiger partial charge in [-0.25, -0.2) is 0 Å². The van der Waals surface area contributed by atoms with Crippen LogP contribution in [0.25, 0.3) is 5.69 Å². The number of hydrogen-bond donors (Lipinski definition) is 0. The first-order chi connectivity index (χ1) is 15.4. The molecule has 1 saturated heterocycles. The number of rotatable bonds is 6. The average Bonchev–Trinajstić information content (AvgIpc) is 3.17. The number of piperidine rings is 1. The highest BCUT2D eigenvalue weighted by Crippen LogP contribution is 2.28. The number of likely N-dealkylation sites (tertiary alicyclic amines) is 1. The van der Waals surface area contributed by atoms with Gasteiger partial charge in [0.05, 0.1) is 5.75 Å². The van der Waals surface area contributed by atoms with Crippen LogP contribution in [-0.4, -0.2) is 43.4 Å². The first-order valence-electron chi connectivity index (χ1n) is 11.4. The van der Waals surface area contributed by atoms with Crippen LogP contribution in [-0.2, 0) is 11.2 Å². The predicted octanol–water partition coefficient (Wildman–Crippen LogP) is 5.36. The summed E-state index contributed by atoms with van der Waals surface area (Å²) < 4.78 is 2.11. The van der Waals surface area contributed by atoms with Gasteiger partial charge in [0.15, 0.2) is 5.16 Å². The molecule has 32 heavy (non-hydrogen) atoms. The molecule has 1 aromatic heterocycles. The smallest absolute Gasteiger partial charge is 0.233 e. The summed E-state index contributed by atoms with van der Waals surface area (Å²) >= 11 is 1.49. The van der Waals surface area contributed by atoms with Gasteiger partial charge in [0, 0.05) is 24.2 Å². The van der Waals surface area contributed by atoms with Crippen LogP contribution in [0.1, 0.15) is 55.6 Å². The fraction of sp³-hybridized carbons (Fsp3) is 0.423. The Morgan fingerprint density at radius 2 is 1.72 bits per heavy atom. The van der Waals surface area contributed by atoms with Crippen LogP contribution in [0.4, 0.5) is 0 Å². The summed E-state index contributed by atoms with van der Waals surface area (Å²) in [6.07, 6.45) is 4.06. The van der Waals surface area contributed by atoms with E-state index in [2.05, 4.69) is 77.7 Å². The second kappa shape index (κ2) is 9.90. The van der Waals surface area contributed by atoms with Crippen molar-refractivity contribution in [3.63, 3.8) is 0 Å². The van der Waals surface area contributed by atoms with Crippen LogP contribution < -0.4 is 0 Å². The first-order valence-corrected chi connectivity index (χ1v) is 12.4. The summed E-state index contributed by atoms with van der Waals surface area (Å²) in [7, 11) is 0. The Kier molecular flexibility index (Phi) is 6.99. The van der Waals surface area contributed by atoms with E-state index >= 15 is 0 Å². The van der Waals surface area contributed by atoms with Crippen molar-refractivity contribution < 1.29 is 4.79 Å². The Labute approximate surface area is 195 Å². The molecule has 2 heterocycles. The van der Waals surface area contributed by atoms with Gasteiger partial charge in [0.1, 0.15) is 5.82 Å². The van der Waals surface area contributed by atoms with E-state index in [1.54, 1.807) is 0 Å². The van der Waals surface area contributed by atoms with Gasteiger partial charge in [-0.3, -0.25) is 9.36 Å². The number of nitrogens with zero attached hydrogens (tertiary/aromatic N) is 4. The molecule has 0 bridgehead atoms. The highest BCUT2D eigenvalue weighted by Gasteiger charge is 2.29. The topological polar surface area (TPSA) is 51.0 Å². The van der Waals surface area contributed by atoms with Crippen molar-refractivity contribution in [3.8, 4) is 5.69 Å². The summed E-state index contributed by atoms with van der Waals surface area (Å²) in [5, 5.41) is 9.80. The van der Waals surface area contributed by atoms with Crippen molar-refractivity contribution in [1.29, 1.82) is 0 Å². The highest BCUT2D eigenvalue weighted by molar-refractivity contribution is 7.99. The monoisotopic (exact) mass is 448 g/mol. The number of aromatic nitrogens is 3. The van der Waals surface area contributed by atoms with Gasteiger partial charge < -0.3 is 4.90 Å². The molecule has 3 aromatic rings. The second-order valence-electron chi connectivity index (χ2n) is 8.88. The van der Waals surface area contributed by atoms with Crippen LogP contribution in [0.2, 0.25) is 0 Å². The van der Waals surface area contributed by atoms with E-state index < -0.39 is 0 Å². The van der Waals surface area contributed by atoms with Gasteiger partial charge in [-0.05, 0) is 75.8 Å². The lowest BCUT2D eigenvalue weighted by atomic mass is 9.98. The molecular weight excluding hydrogens is 416 g/mol. The number of carbonyl (C=O) groups is 1. The summed E-state index contributed by atoms with van der Waals surface area (Å²) in [5.41, 5.74) is 4.71. The third kappa shape index (κ3) is 4.90. The zero-order valence-electron chi connectivity index (χ0n) is 19.4. The van der Waals surface area contributed by atoms with Crippen molar-refractivity contribution in [1.82, 2.24) is 19.7 Å². The Bertz CT molecular complexity index is 1070. The molecule has 168 valence electrons. The Balaban J connectivity index is 1.61. The quantitative estimate of drug-likeness (QED) is 0.477. The minimum atomic E-state index is 0.189. The van der Waals surface area contributed by atoms with Gasteiger partial charge in [0.25, 0.3) is 0 Å². The molecule has 0 unspecified atom stereocenters. The molecule has 1 aliphatic heterocycles. The van der Waals surface area contributed by atoms with Crippen molar-refractivity contribution in [2.75, 3.05) is 5.75 Å². The van der Waals surface area contributed by atoms with Crippen LogP contribution in [0.5, 0.6) is 0 Å². The maximum atomic E-state index is 13.1. The molecule has 1 aliphatic rings. The molecule has 1 amide bonds. The lowest BCUT2D eigenvalue weighted by molar-refractivity contribution is -0.134. The standard InChI is InChI=1S/C26H32N4OS/c1-18-13-14-23(15-19(18)2)30-24(16-22-11-6-5-7-12-22)27-28-26(30)32-17-25(31)29-20(3)9-8-10-21(29)4/h5-7,11-15,20-21H,8-10,16-17H2,1-4H3/t20-,21-/m0/s1. The van der Waals surface area contributed by atoms with Crippen LogP contribution in [0.3, 0.4) is 0 Å². The van der Waals surface area contributed by atoms with Gasteiger partial charge >= 0.3 is 0 Å². The molecule has 6 heteroatoms. The van der Waals surface area contributed by atoms with Crippen LogP contribution in [0, 0.1) is 13.8 Å². The van der Waals surface area contributed by atoms with Gasteiger partial charge in [-0.1, -0.05) is 48.2 Å². The Morgan fingerprint density at radius 3 is 2.41 bits per heavy atom. The second-order valence-corrected chi connectivity index (χ2v) is 9.83. The van der Waals surface area contributed by atoms with Crippen LogP contribution in [0.15, 0.2) is 53.7 Å². The highest BCUT2D eigenvalue weighted by atomic mass is 32.2. The molecule has 0 saturated carbocycles. The van der Waals surface area contributed by atoms with Crippen molar-refractivity contribution in [3.05, 3.63) is 71.0 Å². The Hall–Kier alpha value is -2.60. The SMILES string of the molecule is Cc1ccc(-n2c(Cc3ccccc3)nnc2SCC(=O)N2[C@@H](C)CCC[C@@H]2C)cc1C. The van der Waals surface area contributed by atoms with Gasteiger partial charge in [0.2, 0.25) is 5.91 Å². The Morgan fingerprint density at radius 1 is 1.00 bits per heavy atom. The lowest BCUT2D eigenvalue weighted by Crippen LogP contribution is -2.48. The fourth-order valence-corrected chi connectivity index (χ4v) is 5.36. The van der Waals surface area contributed by atoms with E-state index in [4.69, 9.17) is 0 Å². The van der Waals surface area contributed by atoms with E-state index in [0.29, 0.717) is 24.3 Å². The summed E-state index contributed by atoms with van der Waals surface area (Å²) in [5.74, 6) is 1.45. The first kappa shape index (κ1) is 22.6. The molecule has 1 fully saturated rings. The predicted molar refractivity (Wildman–Crippen MR) is 130 cm³/mol. The van der Waals surface area contributed by atoms with E-state index in [0.717, 1.165) is 29.5 Å². The molecule has 0 aliphatic carbocycles. The molecular formula is C26H32N4OS. The largest absolute Gasteiger partial charge is 0.337 e. The minimum Gasteiger partial charge on any atom is -0.337 e. The van der Waals surface area contributed by atoms with Crippen LogP contribution >= 0.6 is 11.8 Å². The molecule has 0 N–H and O–H groups in total. The van der Waals surface area contributed by atoms with E-state index in [1.807, 2.05) is 18.2 Å². The van der Waals surface area contributed by atoms with Crippen molar-refractivity contribution >= 4 is 17.7 Å². The molecule has 5 nitrogen and oxygen atoms in total. The number of carbonyl (C=O) groups excluding carboxylic acids is 1. The number of aryl methyl sites for hydroxylation is 2. The number of benzene rings is 2. The maximum Gasteiger partial charge on any atom is 0.233 e. The number of amides is 1. The zero-order valence-corrected chi connectivity index (χ0v) is 20.2. The zero-order chi connectivity index (χ0) is 22.7. The molecule has 0 spiro atoms. The van der Waals surface area contributed by atoms with E-state index in [-0.39, 0.29) is 5.91 Å². The normalized spacial score (nSPS) is 18.7. The molecule has 4 rings (SSSR count). The van der Waals surface area contributed by atoms with Crippen molar-refractivity contribution in [2.24, 2.45) is 0 Å². The van der Waals surface area contributed by atoms with Crippen molar-refractivity contribution in [2.45, 2.75) is 70.6 Å². The fourth-order valence-electron chi connectivity index (χ4n) is 4.52. The average molecular weight is 449 g/mol. The maximum absolute atomic E-state index is 13.1. The van der Waals surface area contributed by atoms with Gasteiger partial charge in [-0.15, -0.1) is 10.2 Å². The van der Waals surface area contributed by atoms with Gasteiger partial charge in [-0.2, -0.15) is 0 Å². The lowest BCUT2D eigenvalue weighted by Gasteiger charge is -2.39.